The molecule has 2 N–H and O–H groups in total. The van der Waals surface area contributed by atoms with E-state index in [2.05, 4.69) is 40.0 Å². The zero-order valence-electron chi connectivity index (χ0n) is 9.48. The molecule has 0 saturated heterocycles. The predicted octanol–water partition coefficient (Wildman–Crippen LogP) is 4.03. The summed E-state index contributed by atoms with van der Waals surface area (Å²) in [5.41, 5.74) is 8.97. The van der Waals surface area contributed by atoms with Crippen LogP contribution in [0.2, 0.25) is 0 Å². The van der Waals surface area contributed by atoms with E-state index in [1.165, 1.54) is 16.0 Å². The van der Waals surface area contributed by atoms with Crippen molar-refractivity contribution in [3.63, 3.8) is 0 Å². The third-order valence-corrected chi connectivity index (χ3v) is 4.04. The van der Waals surface area contributed by atoms with Gasteiger partial charge in [-0.25, -0.2) is 0 Å². The normalized spacial score (nSPS) is 10.5. The largest absolute Gasteiger partial charge is 0.399 e. The van der Waals surface area contributed by atoms with E-state index in [1.54, 1.807) is 18.0 Å². The van der Waals surface area contributed by atoms with E-state index in [1.807, 2.05) is 18.3 Å². The monoisotopic (exact) mass is 308 g/mol. The molecule has 88 valence electrons. The molecule has 17 heavy (non-hydrogen) atoms. The maximum Gasteiger partial charge on any atom is 0.0410 e. The van der Waals surface area contributed by atoms with Crippen LogP contribution in [0.25, 0.3) is 0 Å². The van der Waals surface area contributed by atoms with Crippen molar-refractivity contribution in [3.05, 3.63) is 52.3 Å². The van der Waals surface area contributed by atoms with E-state index >= 15 is 0 Å². The lowest BCUT2D eigenvalue weighted by molar-refractivity contribution is 1.23. The van der Waals surface area contributed by atoms with Crippen LogP contribution < -0.4 is 5.73 Å². The third kappa shape index (κ3) is 3.48. The van der Waals surface area contributed by atoms with E-state index in [-0.39, 0.29) is 0 Å². The number of aromatic nitrogens is 1. The molecule has 0 aliphatic rings. The highest BCUT2D eigenvalue weighted by Gasteiger charge is 2.01. The Morgan fingerprint density at radius 3 is 2.82 bits per heavy atom. The molecule has 0 aliphatic carbocycles. The summed E-state index contributed by atoms with van der Waals surface area (Å²) < 4.78 is 1.02. The van der Waals surface area contributed by atoms with Crippen LogP contribution in [0.1, 0.15) is 11.1 Å². The minimum atomic E-state index is 0.816. The van der Waals surface area contributed by atoms with Gasteiger partial charge in [0, 0.05) is 33.2 Å². The molecule has 2 aromatic rings. The molecule has 0 bridgehead atoms. The number of nitrogen functional groups attached to an aromatic ring is 1. The summed E-state index contributed by atoms with van der Waals surface area (Å²) in [4.78, 5) is 5.42. The zero-order chi connectivity index (χ0) is 12.3. The van der Waals surface area contributed by atoms with Crippen molar-refractivity contribution < 1.29 is 0 Å². The van der Waals surface area contributed by atoms with Gasteiger partial charge >= 0.3 is 0 Å². The molecule has 0 saturated carbocycles. The second-order valence-electron chi connectivity index (χ2n) is 3.83. The molecule has 0 fully saturated rings. The van der Waals surface area contributed by atoms with Crippen LogP contribution in [-0.2, 0) is 5.75 Å². The number of halogens is 1. The Kier molecular flexibility index (Phi) is 4.07. The minimum absolute atomic E-state index is 0.816. The standard InChI is InChI=1S/C13H13BrN2S/c1-9-4-12(15)2-3-13(9)17-8-10-5-11(14)7-16-6-10/h2-7H,8,15H2,1H3. The van der Waals surface area contributed by atoms with Crippen LogP contribution in [0, 0.1) is 6.92 Å². The van der Waals surface area contributed by atoms with Gasteiger partial charge in [0.1, 0.15) is 0 Å². The molecule has 1 aromatic carbocycles. The van der Waals surface area contributed by atoms with Gasteiger partial charge in [0.2, 0.25) is 0 Å². The summed E-state index contributed by atoms with van der Waals surface area (Å²) in [6, 6.07) is 8.10. The lowest BCUT2D eigenvalue weighted by Gasteiger charge is -2.06. The molecule has 2 nitrogen and oxygen atoms in total. The number of pyridine rings is 1. The summed E-state index contributed by atoms with van der Waals surface area (Å²) in [7, 11) is 0. The summed E-state index contributed by atoms with van der Waals surface area (Å²) in [5, 5.41) is 0. The van der Waals surface area contributed by atoms with E-state index in [4.69, 9.17) is 5.73 Å². The van der Waals surface area contributed by atoms with E-state index < -0.39 is 0 Å². The molecule has 0 radical (unpaired) electrons. The molecule has 4 heteroatoms. The van der Waals surface area contributed by atoms with Crippen molar-refractivity contribution in [1.29, 1.82) is 0 Å². The maximum atomic E-state index is 5.73. The summed E-state index contributed by atoms with van der Waals surface area (Å²) >= 11 is 5.23. The zero-order valence-corrected chi connectivity index (χ0v) is 11.9. The van der Waals surface area contributed by atoms with Crippen molar-refractivity contribution in [3.8, 4) is 0 Å². The van der Waals surface area contributed by atoms with Crippen LogP contribution in [0.15, 0.2) is 46.0 Å². The van der Waals surface area contributed by atoms with Crippen molar-refractivity contribution >= 4 is 33.4 Å². The average molecular weight is 309 g/mol. The quantitative estimate of drug-likeness (QED) is 0.687. The van der Waals surface area contributed by atoms with Crippen molar-refractivity contribution in [2.75, 3.05) is 5.73 Å². The predicted molar refractivity (Wildman–Crippen MR) is 77.1 cm³/mol. The lowest BCUT2D eigenvalue weighted by atomic mass is 10.2. The Morgan fingerprint density at radius 2 is 2.12 bits per heavy atom. The maximum absolute atomic E-state index is 5.73. The molecular formula is C13H13BrN2S. The number of nitrogens with zero attached hydrogens (tertiary/aromatic N) is 1. The molecule has 2 rings (SSSR count). The highest BCUT2D eigenvalue weighted by molar-refractivity contribution is 9.10. The molecule has 1 heterocycles. The minimum Gasteiger partial charge on any atom is -0.399 e. The number of anilines is 1. The first-order valence-corrected chi connectivity index (χ1v) is 7.01. The molecule has 0 aliphatic heterocycles. The van der Waals surface area contributed by atoms with Gasteiger partial charge in [0.15, 0.2) is 0 Å². The third-order valence-electron chi connectivity index (χ3n) is 2.35. The van der Waals surface area contributed by atoms with E-state index in [0.717, 1.165) is 15.9 Å². The summed E-state index contributed by atoms with van der Waals surface area (Å²) in [6.07, 6.45) is 3.69. The Morgan fingerprint density at radius 1 is 1.29 bits per heavy atom. The van der Waals surface area contributed by atoms with Gasteiger partial charge in [0.05, 0.1) is 0 Å². The first-order valence-electron chi connectivity index (χ1n) is 5.23. The van der Waals surface area contributed by atoms with Crippen LogP contribution in [0.3, 0.4) is 0 Å². The Bertz CT molecular complexity index is 529. The molecule has 1 aromatic heterocycles. The first-order chi connectivity index (χ1) is 8.15. The fourth-order valence-electron chi connectivity index (χ4n) is 1.53. The number of thioether (sulfide) groups is 1. The Balaban J connectivity index is 2.07. The van der Waals surface area contributed by atoms with Crippen LogP contribution >= 0.6 is 27.7 Å². The van der Waals surface area contributed by atoms with E-state index in [9.17, 15) is 0 Å². The SMILES string of the molecule is Cc1cc(N)ccc1SCc1cncc(Br)c1. The Hall–Kier alpha value is -1.00. The molecule has 0 spiro atoms. The second kappa shape index (κ2) is 5.56. The number of aryl methyl sites for hydroxylation is 1. The van der Waals surface area contributed by atoms with Crippen LogP contribution in [0.5, 0.6) is 0 Å². The first kappa shape index (κ1) is 12.5. The van der Waals surface area contributed by atoms with Gasteiger partial charge in [-0.15, -0.1) is 11.8 Å². The van der Waals surface area contributed by atoms with Crippen LogP contribution in [-0.4, -0.2) is 4.98 Å². The lowest BCUT2D eigenvalue weighted by Crippen LogP contribution is -1.88. The number of benzene rings is 1. The van der Waals surface area contributed by atoms with Gasteiger partial charge in [-0.2, -0.15) is 0 Å². The van der Waals surface area contributed by atoms with Gasteiger partial charge in [-0.1, -0.05) is 0 Å². The highest BCUT2D eigenvalue weighted by atomic mass is 79.9. The van der Waals surface area contributed by atoms with Crippen molar-refractivity contribution in [1.82, 2.24) is 4.98 Å². The summed E-state index contributed by atoms with van der Waals surface area (Å²) in [6.45, 7) is 2.08. The topological polar surface area (TPSA) is 38.9 Å². The average Bonchev–Trinajstić information content (AvgIpc) is 2.28. The van der Waals surface area contributed by atoms with Crippen LogP contribution in [0.4, 0.5) is 5.69 Å². The van der Waals surface area contributed by atoms with Gasteiger partial charge < -0.3 is 5.73 Å². The summed E-state index contributed by atoms with van der Waals surface area (Å²) in [5.74, 6) is 0.914. The smallest absolute Gasteiger partial charge is 0.0410 e. The molecule has 0 amide bonds. The molecule has 0 unspecified atom stereocenters. The number of rotatable bonds is 3. The number of nitrogens with two attached hydrogens (primary N) is 1. The van der Waals surface area contributed by atoms with Gasteiger partial charge in [-0.3, -0.25) is 4.98 Å². The number of hydrogen-bond acceptors (Lipinski definition) is 3. The van der Waals surface area contributed by atoms with Gasteiger partial charge in [0.25, 0.3) is 0 Å². The fraction of sp³-hybridized carbons (Fsp3) is 0.154. The molecule has 0 atom stereocenters. The van der Waals surface area contributed by atoms with Gasteiger partial charge in [-0.05, 0) is 58.2 Å². The van der Waals surface area contributed by atoms with E-state index in [0.29, 0.717) is 0 Å². The van der Waals surface area contributed by atoms with Crippen molar-refractivity contribution in [2.45, 2.75) is 17.6 Å². The second-order valence-corrected chi connectivity index (χ2v) is 5.76. The number of hydrogen-bond donors (Lipinski definition) is 1. The molecular weight excluding hydrogens is 296 g/mol. The highest BCUT2D eigenvalue weighted by Crippen LogP contribution is 2.27. The Labute approximate surface area is 114 Å². The fourth-order valence-corrected chi connectivity index (χ4v) is 2.87. The van der Waals surface area contributed by atoms with Crippen molar-refractivity contribution in [2.24, 2.45) is 0 Å².